The smallest absolute Gasteiger partial charge is 0.211 e. The van der Waals surface area contributed by atoms with E-state index in [1.165, 1.54) is 12.2 Å². The second kappa shape index (κ2) is 7.79. The minimum atomic E-state index is -1.57. The predicted molar refractivity (Wildman–Crippen MR) is 101 cm³/mol. The zero-order valence-electron chi connectivity index (χ0n) is 11.2. The number of hydrogen-bond acceptors (Lipinski definition) is 4. The number of nitrogens with zero attached hydrogens (tertiary/aromatic N) is 2. The standard InChI is InChI=1S/C15H6Br4N2O2/c16-11-6-10(12(17)14(19)13(11)18)15(20-7-22,21-8-23)9-4-2-1-3-5-9/h1-6H. The summed E-state index contributed by atoms with van der Waals surface area (Å²) in [5, 5.41) is 0. The number of benzene rings is 2. The second-order valence-corrected chi connectivity index (χ2v) is 7.53. The molecule has 0 amide bonds. The van der Waals surface area contributed by atoms with Crippen LogP contribution < -0.4 is 0 Å². The highest BCUT2D eigenvalue weighted by molar-refractivity contribution is 9.15. The summed E-state index contributed by atoms with van der Waals surface area (Å²) in [5.41, 5.74) is -0.555. The quantitative estimate of drug-likeness (QED) is 0.209. The molecule has 0 aliphatic heterocycles. The van der Waals surface area contributed by atoms with Crippen molar-refractivity contribution in [3.63, 3.8) is 0 Å². The van der Waals surface area contributed by atoms with Gasteiger partial charge in [0, 0.05) is 29.0 Å². The molecule has 4 nitrogen and oxygen atoms in total. The highest BCUT2D eigenvalue weighted by Gasteiger charge is 2.37. The third kappa shape index (κ3) is 3.48. The summed E-state index contributed by atoms with van der Waals surface area (Å²) in [4.78, 5) is 29.8. The maximum Gasteiger partial charge on any atom is 0.238 e. The van der Waals surface area contributed by atoms with Gasteiger partial charge < -0.3 is 0 Å². The number of halogens is 4. The lowest BCUT2D eigenvalue weighted by molar-refractivity contribution is 0.515. The molecule has 23 heavy (non-hydrogen) atoms. The molecule has 0 spiro atoms. The van der Waals surface area contributed by atoms with E-state index < -0.39 is 5.66 Å². The number of aliphatic imine (C=N–C) groups is 2. The van der Waals surface area contributed by atoms with Crippen LogP contribution in [0.25, 0.3) is 0 Å². The van der Waals surface area contributed by atoms with Gasteiger partial charge in [0.05, 0.1) is 0 Å². The molecule has 0 unspecified atom stereocenters. The van der Waals surface area contributed by atoms with E-state index in [9.17, 15) is 9.59 Å². The molecule has 0 bridgehead atoms. The van der Waals surface area contributed by atoms with Crippen molar-refractivity contribution < 1.29 is 9.59 Å². The van der Waals surface area contributed by atoms with Crippen molar-refractivity contribution in [2.24, 2.45) is 9.98 Å². The van der Waals surface area contributed by atoms with Crippen molar-refractivity contribution >= 4 is 75.9 Å². The summed E-state index contributed by atoms with van der Waals surface area (Å²) in [7, 11) is 0. The highest BCUT2D eigenvalue weighted by atomic mass is 79.9. The molecular formula is C15H6Br4N2O2. The summed E-state index contributed by atoms with van der Waals surface area (Å²) < 4.78 is 2.74. The van der Waals surface area contributed by atoms with Gasteiger partial charge in [-0.3, -0.25) is 0 Å². The Kier molecular flexibility index (Phi) is 6.26. The van der Waals surface area contributed by atoms with Crippen LogP contribution >= 0.6 is 63.7 Å². The van der Waals surface area contributed by atoms with E-state index in [2.05, 4.69) is 73.7 Å². The van der Waals surface area contributed by atoms with Crippen molar-refractivity contribution in [3.8, 4) is 0 Å². The van der Waals surface area contributed by atoms with Gasteiger partial charge in [-0.2, -0.15) is 9.98 Å². The van der Waals surface area contributed by atoms with Gasteiger partial charge in [-0.15, -0.1) is 0 Å². The molecule has 0 saturated carbocycles. The molecule has 0 N–H and O–H groups in total. The molecular weight excluding hydrogens is 560 g/mol. The Morgan fingerprint density at radius 1 is 0.826 bits per heavy atom. The molecule has 2 aromatic carbocycles. The molecule has 0 heterocycles. The van der Waals surface area contributed by atoms with Gasteiger partial charge in [0.25, 0.3) is 0 Å². The summed E-state index contributed by atoms with van der Waals surface area (Å²) in [6.45, 7) is 0. The monoisotopic (exact) mass is 562 g/mol. The summed E-state index contributed by atoms with van der Waals surface area (Å²) in [6.07, 6.45) is 3.02. The Hall–Kier alpha value is -0.880. The van der Waals surface area contributed by atoms with Crippen LogP contribution in [0.1, 0.15) is 11.1 Å². The van der Waals surface area contributed by atoms with Crippen LogP contribution in [0.3, 0.4) is 0 Å². The fraction of sp³-hybridized carbons (Fsp3) is 0.0667. The molecule has 0 aromatic heterocycles. The van der Waals surface area contributed by atoms with Crippen LogP contribution in [0.15, 0.2) is 64.3 Å². The molecule has 2 aromatic rings. The van der Waals surface area contributed by atoms with E-state index in [0.717, 1.165) is 4.47 Å². The Morgan fingerprint density at radius 2 is 1.39 bits per heavy atom. The fourth-order valence-electron chi connectivity index (χ4n) is 2.06. The predicted octanol–water partition coefficient (Wildman–Crippen LogP) is 5.61. The lowest BCUT2D eigenvalue weighted by Crippen LogP contribution is -2.23. The number of carbonyl (C=O) groups excluding carboxylic acids is 2. The van der Waals surface area contributed by atoms with Crippen LogP contribution in [0.5, 0.6) is 0 Å². The van der Waals surface area contributed by atoms with E-state index in [1.807, 2.05) is 6.07 Å². The van der Waals surface area contributed by atoms with Crippen molar-refractivity contribution in [2.45, 2.75) is 5.66 Å². The number of hydrogen-bond donors (Lipinski definition) is 0. The third-order valence-corrected chi connectivity index (χ3v) is 7.73. The average molecular weight is 566 g/mol. The normalized spacial score (nSPS) is 12.7. The van der Waals surface area contributed by atoms with E-state index in [4.69, 9.17) is 0 Å². The molecule has 0 radical (unpaired) electrons. The molecule has 0 aliphatic rings. The lowest BCUT2D eigenvalue weighted by Gasteiger charge is -2.25. The minimum absolute atomic E-state index is 0.484. The van der Waals surface area contributed by atoms with Crippen LogP contribution in [-0.2, 0) is 15.3 Å². The number of rotatable bonds is 4. The van der Waals surface area contributed by atoms with Crippen molar-refractivity contribution in [1.82, 2.24) is 0 Å². The molecule has 2 rings (SSSR count). The van der Waals surface area contributed by atoms with E-state index >= 15 is 0 Å². The van der Waals surface area contributed by atoms with E-state index in [1.54, 1.807) is 30.3 Å². The van der Waals surface area contributed by atoms with Gasteiger partial charge in [-0.1, -0.05) is 30.3 Å². The van der Waals surface area contributed by atoms with Gasteiger partial charge in [0.1, 0.15) is 0 Å². The fourth-order valence-corrected chi connectivity index (χ4v) is 4.35. The van der Waals surface area contributed by atoms with Gasteiger partial charge in [-0.05, 0) is 69.8 Å². The van der Waals surface area contributed by atoms with Gasteiger partial charge in [0.2, 0.25) is 17.8 Å². The Bertz CT molecular complexity index is 824. The molecule has 0 fully saturated rings. The van der Waals surface area contributed by atoms with Crippen LogP contribution in [0, 0.1) is 0 Å². The highest BCUT2D eigenvalue weighted by Crippen LogP contribution is 2.46. The Balaban J connectivity index is 2.95. The van der Waals surface area contributed by atoms with Crippen LogP contribution in [0.4, 0.5) is 0 Å². The lowest BCUT2D eigenvalue weighted by atomic mass is 9.92. The summed E-state index contributed by atoms with van der Waals surface area (Å²) >= 11 is 13.8. The molecule has 8 heteroatoms. The third-order valence-electron chi connectivity index (χ3n) is 3.07. The second-order valence-electron chi connectivity index (χ2n) is 4.29. The summed E-state index contributed by atoms with van der Waals surface area (Å²) in [5.74, 6) is 0. The van der Waals surface area contributed by atoms with Crippen molar-refractivity contribution in [1.29, 1.82) is 0 Å². The summed E-state index contributed by atoms with van der Waals surface area (Å²) in [6, 6.07) is 10.5. The SMILES string of the molecule is O=C=NC(N=C=O)(c1ccccc1)c1cc(Br)c(Br)c(Br)c1Br. The maximum absolute atomic E-state index is 11.1. The maximum atomic E-state index is 11.1. The molecule has 0 atom stereocenters. The largest absolute Gasteiger partial charge is 0.238 e. The van der Waals surface area contributed by atoms with Crippen LogP contribution in [0.2, 0.25) is 0 Å². The van der Waals surface area contributed by atoms with Gasteiger partial charge in [-0.25, -0.2) is 9.59 Å². The first-order chi connectivity index (χ1) is 11.0. The van der Waals surface area contributed by atoms with E-state index in [-0.39, 0.29) is 0 Å². The molecule has 0 saturated heterocycles. The molecule has 0 aliphatic carbocycles. The Morgan fingerprint density at radius 3 is 1.91 bits per heavy atom. The van der Waals surface area contributed by atoms with Crippen LogP contribution in [-0.4, -0.2) is 12.2 Å². The Labute approximate surface area is 165 Å². The first-order valence-electron chi connectivity index (χ1n) is 6.05. The van der Waals surface area contributed by atoms with Crippen molar-refractivity contribution in [3.05, 3.63) is 65.4 Å². The van der Waals surface area contributed by atoms with Gasteiger partial charge in [0.15, 0.2) is 0 Å². The topological polar surface area (TPSA) is 58.9 Å². The van der Waals surface area contributed by atoms with Gasteiger partial charge >= 0.3 is 0 Å². The zero-order chi connectivity index (χ0) is 17.0. The van der Waals surface area contributed by atoms with E-state index in [0.29, 0.717) is 24.5 Å². The zero-order valence-corrected chi connectivity index (χ0v) is 17.5. The number of isocyanates is 2. The first kappa shape index (κ1) is 18.5. The minimum Gasteiger partial charge on any atom is -0.211 e. The first-order valence-corrected chi connectivity index (χ1v) is 9.22. The molecule has 116 valence electrons. The van der Waals surface area contributed by atoms with Crippen molar-refractivity contribution in [2.75, 3.05) is 0 Å². The average Bonchev–Trinajstić information content (AvgIpc) is 2.57.